The fourth-order valence-electron chi connectivity index (χ4n) is 0.967. The first-order valence-corrected chi connectivity index (χ1v) is 4.36. The normalized spacial score (nSPS) is 12.1. The standard InChI is InChI=1S/C10H13NO3/c12-7-9(13)6-11-10(14)8-4-2-1-3-5-8/h1-5,9,12-13H,6-7H2,(H,11,14)/t9-/m0/s1. The number of carbonyl (C=O) groups excluding carboxylic acids is 1. The van der Waals surface area contributed by atoms with E-state index in [2.05, 4.69) is 5.32 Å². The number of aliphatic hydroxyl groups excluding tert-OH is 2. The number of carbonyl (C=O) groups is 1. The molecule has 14 heavy (non-hydrogen) atoms. The van der Waals surface area contributed by atoms with Gasteiger partial charge in [-0.25, -0.2) is 0 Å². The molecule has 4 nitrogen and oxygen atoms in total. The SMILES string of the molecule is O=C(NC[C@H](O)CO)c1ccccc1. The Hall–Kier alpha value is -1.39. The van der Waals surface area contributed by atoms with E-state index in [1.54, 1.807) is 24.3 Å². The van der Waals surface area contributed by atoms with Gasteiger partial charge in [0.1, 0.15) is 0 Å². The second kappa shape index (κ2) is 5.36. The summed E-state index contributed by atoms with van der Waals surface area (Å²) in [6.07, 6.45) is -0.900. The monoisotopic (exact) mass is 195 g/mol. The topological polar surface area (TPSA) is 69.6 Å². The molecule has 0 bridgehead atoms. The van der Waals surface area contributed by atoms with Crippen LogP contribution in [0.2, 0.25) is 0 Å². The van der Waals surface area contributed by atoms with Crippen molar-refractivity contribution in [3.8, 4) is 0 Å². The number of hydrogen-bond acceptors (Lipinski definition) is 3. The van der Waals surface area contributed by atoms with Gasteiger partial charge in [0.2, 0.25) is 0 Å². The highest BCUT2D eigenvalue weighted by atomic mass is 16.3. The molecule has 0 aromatic heterocycles. The molecule has 0 saturated carbocycles. The van der Waals surface area contributed by atoms with Crippen LogP contribution >= 0.6 is 0 Å². The lowest BCUT2D eigenvalue weighted by Crippen LogP contribution is -2.33. The van der Waals surface area contributed by atoms with Gasteiger partial charge in [-0.15, -0.1) is 0 Å². The zero-order chi connectivity index (χ0) is 10.4. The van der Waals surface area contributed by atoms with Crippen molar-refractivity contribution in [3.63, 3.8) is 0 Å². The molecule has 0 radical (unpaired) electrons. The van der Waals surface area contributed by atoms with E-state index >= 15 is 0 Å². The van der Waals surface area contributed by atoms with Gasteiger partial charge in [0, 0.05) is 12.1 Å². The third-order valence-electron chi connectivity index (χ3n) is 1.74. The summed E-state index contributed by atoms with van der Waals surface area (Å²) in [6, 6.07) is 8.70. The van der Waals surface area contributed by atoms with Gasteiger partial charge in [0.15, 0.2) is 0 Å². The average Bonchev–Trinajstić information content (AvgIpc) is 2.26. The fourth-order valence-corrected chi connectivity index (χ4v) is 0.967. The highest BCUT2D eigenvalue weighted by Gasteiger charge is 2.06. The van der Waals surface area contributed by atoms with Crippen molar-refractivity contribution in [2.24, 2.45) is 0 Å². The molecule has 1 amide bonds. The Morgan fingerprint density at radius 3 is 2.57 bits per heavy atom. The largest absolute Gasteiger partial charge is 0.394 e. The Bertz CT molecular complexity index is 287. The van der Waals surface area contributed by atoms with Crippen LogP contribution in [-0.4, -0.2) is 35.4 Å². The zero-order valence-electron chi connectivity index (χ0n) is 7.68. The molecule has 1 rings (SSSR count). The Morgan fingerprint density at radius 2 is 2.00 bits per heavy atom. The highest BCUT2D eigenvalue weighted by Crippen LogP contribution is 1.97. The van der Waals surface area contributed by atoms with Gasteiger partial charge in [0.05, 0.1) is 12.7 Å². The van der Waals surface area contributed by atoms with Crippen LogP contribution in [0.3, 0.4) is 0 Å². The van der Waals surface area contributed by atoms with E-state index in [1.807, 2.05) is 6.07 Å². The Morgan fingerprint density at radius 1 is 1.36 bits per heavy atom. The van der Waals surface area contributed by atoms with Gasteiger partial charge in [0.25, 0.3) is 5.91 Å². The predicted octanol–water partition coefficient (Wildman–Crippen LogP) is -0.230. The van der Waals surface area contributed by atoms with Crippen LogP contribution in [0, 0.1) is 0 Å². The predicted molar refractivity (Wildman–Crippen MR) is 51.9 cm³/mol. The Balaban J connectivity index is 2.44. The molecule has 0 spiro atoms. The molecule has 0 fully saturated rings. The summed E-state index contributed by atoms with van der Waals surface area (Å²) in [6.45, 7) is -0.292. The maximum atomic E-state index is 11.4. The van der Waals surface area contributed by atoms with E-state index in [0.29, 0.717) is 5.56 Å². The number of aliphatic hydroxyl groups is 2. The van der Waals surface area contributed by atoms with E-state index in [1.165, 1.54) is 0 Å². The minimum atomic E-state index is -0.900. The van der Waals surface area contributed by atoms with Crippen molar-refractivity contribution in [2.45, 2.75) is 6.10 Å². The molecule has 1 aromatic rings. The number of nitrogens with one attached hydrogen (secondary N) is 1. The molecule has 0 aliphatic heterocycles. The molecule has 1 atom stereocenters. The molecule has 1 aromatic carbocycles. The van der Waals surface area contributed by atoms with Crippen LogP contribution in [0.25, 0.3) is 0 Å². The Kier molecular flexibility index (Phi) is 4.10. The molecule has 4 heteroatoms. The molecule has 0 unspecified atom stereocenters. The van der Waals surface area contributed by atoms with Crippen molar-refractivity contribution in [3.05, 3.63) is 35.9 Å². The molecular formula is C10H13NO3. The molecule has 76 valence electrons. The van der Waals surface area contributed by atoms with Crippen molar-refractivity contribution < 1.29 is 15.0 Å². The van der Waals surface area contributed by atoms with Crippen molar-refractivity contribution in [2.75, 3.05) is 13.2 Å². The molecule has 0 saturated heterocycles. The number of benzene rings is 1. The third-order valence-corrected chi connectivity index (χ3v) is 1.74. The van der Waals surface area contributed by atoms with E-state index in [0.717, 1.165) is 0 Å². The lowest BCUT2D eigenvalue weighted by Gasteiger charge is -2.08. The van der Waals surface area contributed by atoms with Gasteiger partial charge in [-0.05, 0) is 12.1 Å². The summed E-state index contributed by atoms with van der Waals surface area (Å²) in [5.74, 6) is -0.252. The average molecular weight is 195 g/mol. The number of rotatable bonds is 4. The number of amides is 1. The summed E-state index contributed by atoms with van der Waals surface area (Å²) >= 11 is 0. The maximum Gasteiger partial charge on any atom is 0.251 e. The summed E-state index contributed by atoms with van der Waals surface area (Å²) in [4.78, 5) is 11.4. The lowest BCUT2D eigenvalue weighted by molar-refractivity contribution is 0.0802. The van der Waals surface area contributed by atoms with E-state index < -0.39 is 6.10 Å². The van der Waals surface area contributed by atoms with E-state index in [-0.39, 0.29) is 19.1 Å². The lowest BCUT2D eigenvalue weighted by atomic mass is 10.2. The molecule has 0 heterocycles. The van der Waals surface area contributed by atoms with Crippen LogP contribution in [0.5, 0.6) is 0 Å². The minimum Gasteiger partial charge on any atom is -0.394 e. The van der Waals surface area contributed by atoms with Gasteiger partial charge < -0.3 is 15.5 Å². The van der Waals surface area contributed by atoms with E-state index in [9.17, 15) is 4.79 Å². The van der Waals surface area contributed by atoms with Crippen LogP contribution in [-0.2, 0) is 0 Å². The highest BCUT2D eigenvalue weighted by molar-refractivity contribution is 5.94. The maximum absolute atomic E-state index is 11.4. The summed E-state index contributed by atoms with van der Waals surface area (Å²) in [5.41, 5.74) is 0.539. The van der Waals surface area contributed by atoms with Gasteiger partial charge in [-0.1, -0.05) is 18.2 Å². The van der Waals surface area contributed by atoms with Crippen LogP contribution in [0.4, 0.5) is 0 Å². The summed E-state index contributed by atoms with van der Waals surface area (Å²) in [5, 5.41) is 20.0. The molecule has 3 N–H and O–H groups in total. The number of hydrogen-bond donors (Lipinski definition) is 3. The smallest absolute Gasteiger partial charge is 0.251 e. The van der Waals surface area contributed by atoms with Gasteiger partial charge >= 0.3 is 0 Å². The van der Waals surface area contributed by atoms with Gasteiger partial charge in [-0.3, -0.25) is 4.79 Å². The van der Waals surface area contributed by atoms with Gasteiger partial charge in [-0.2, -0.15) is 0 Å². The molecule has 0 aliphatic carbocycles. The summed E-state index contributed by atoms with van der Waals surface area (Å²) in [7, 11) is 0. The van der Waals surface area contributed by atoms with Crippen molar-refractivity contribution >= 4 is 5.91 Å². The molecule has 0 aliphatic rings. The van der Waals surface area contributed by atoms with Crippen LogP contribution in [0.1, 0.15) is 10.4 Å². The van der Waals surface area contributed by atoms with Crippen molar-refractivity contribution in [1.82, 2.24) is 5.32 Å². The molecular weight excluding hydrogens is 182 g/mol. The van der Waals surface area contributed by atoms with Crippen molar-refractivity contribution in [1.29, 1.82) is 0 Å². The second-order valence-electron chi connectivity index (χ2n) is 2.91. The first-order chi connectivity index (χ1) is 6.74. The fraction of sp³-hybridized carbons (Fsp3) is 0.300. The third kappa shape index (κ3) is 3.16. The first-order valence-electron chi connectivity index (χ1n) is 4.36. The second-order valence-corrected chi connectivity index (χ2v) is 2.91. The Labute approximate surface area is 82.2 Å². The first kappa shape index (κ1) is 10.7. The van der Waals surface area contributed by atoms with Crippen LogP contribution < -0.4 is 5.32 Å². The van der Waals surface area contributed by atoms with E-state index in [4.69, 9.17) is 10.2 Å². The zero-order valence-corrected chi connectivity index (χ0v) is 7.68. The minimum absolute atomic E-state index is 0.0597. The summed E-state index contributed by atoms with van der Waals surface area (Å²) < 4.78 is 0. The quantitative estimate of drug-likeness (QED) is 0.621. The van der Waals surface area contributed by atoms with Crippen LogP contribution in [0.15, 0.2) is 30.3 Å².